The van der Waals surface area contributed by atoms with E-state index in [2.05, 4.69) is 15.5 Å². The predicted molar refractivity (Wildman–Crippen MR) is 84.7 cm³/mol. The van der Waals surface area contributed by atoms with Crippen LogP contribution in [0, 0.1) is 11.3 Å². The Morgan fingerprint density at radius 1 is 1.38 bits per heavy atom. The molecule has 2 rings (SSSR count). The lowest BCUT2D eigenvalue weighted by Crippen LogP contribution is -1.91. The zero-order valence-electron chi connectivity index (χ0n) is 12.1. The lowest BCUT2D eigenvalue weighted by atomic mass is 10.2. The van der Waals surface area contributed by atoms with E-state index >= 15 is 0 Å². The summed E-state index contributed by atoms with van der Waals surface area (Å²) in [7, 11) is 0. The minimum atomic E-state index is 0.121. The van der Waals surface area contributed by atoms with Gasteiger partial charge in [-0.3, -0.25) is 0 Å². The SMILES string of the molecule is CSc1ccc(C=NNc2oc(C(C)C)nc2C#N)cc1. The van der Waals surface area contributed by atoms with Gasteiger partial charge in [0.05, 0.1) is 6.21 Å². The van der Waals surface area contributed by atoms with Gasteiger partial charge < -0.3 is 4.42 Å². The number of anilines is 1. The van der Waals surface area contributed by atoms with E-state index in [9.17, 15) is 0 Å². The van der Waals surface area contributed by atoms with Crippen molar-refractivity contribution in [2.24, 2.45) is 5.10 Å². The Bertz CT molecular complexity index is 668. The van der Waals surface area contributed by atoms with Crippen molar-refractivity contribution in [1.29, 1.82) is 5.26 Å². The van der Waals surface area contributed by atoms with Crippen LogP contribution in [0.3, 0.4) is 0 Å². The molecule has 0 aliphatic carbocycles. The van der Waals surface area contributed by atoms with E-state index in [1.54, 1.807) is 18.0 Å². The van der Waals surface area contributed by atoms with Crippen molar-refractivity contribution < 1.29 is 4.42 Å². The van der Waals surface area contributed by atoms with Crippen molar-refractivity contribution in [1.82, 2.24) is 4.98 Å². The topological polar surface area (TPSA) is 74.2 Å². The number of rotatable bonds is 5. The van der Waals surface area contributed by atoms with Gasteiger partial charge in [0.2, 0.25) is 11.6 Å². The molecule has 2 aromatic rings. The minimum absolute atomic E-state index is 0.121. The van der Waals surface area contributed by atoms with Gasteiger partial charge in [-0.1, -0.05) is 26.0 Å². The Morgan fingerprint density at radius 2 is 2.10 bits per heavy atom. The van der Waals surface area contributed by atoms with Crippen molar-refractivity contribution in [3.05, 3.63) is 41.4 Å². The smallest absolute Gasteiger partial charge is 0.252 e. The molecule has 0 atom stereocenters. The minimum Gasteiger partial charge on any atom is -0.422 e. The maximum Gasteiger partial charge on any atom is 0.252 e. The molecule has 0 aliphatic heterocycles. The number of nitrogens with zero attached hydrogens (tertiary/aromatic N) is 3. The largest absolute Gasteiger partial charge is 0.422 e. The molecular formula is C15H16N4OS. The van der Waals surface area contributed by atoms with E-state index < -0.39 is 0 Å². The number of nitrogens with one attached hydrogen (secondary N) is 1. The third kappa shape index (κ3) is 3.86. The number of aromatic nitrogens is 1. The maximum atomic E-state index is 9.02. The molecule has 0 spiro atoms. The standard InChI is InChI=1S/C15H16N4OS/c1-10(2)14-18-13(8-16)15(20-14)19-17-9-11-4-6-12(21-3)7-5-11/h4-7,9-10,19H,1-3H3. The van der Waals surface area contributed by atoms with E-state index in [0.29, 0.717) is 5.89 Å². The monoisotopic (exact) mass is 300 g/mol. The Morgan fingerprint density at radius 3 is 2.67 bits per heavy atom. The van der Waals surface area contributed by atoms with E-state index in [-0.39, 0.29) is 17.5 Å². The fraction of sp³-hybridized carbons (Fsp3) is 0.267. The molecule has 1 aromatic carbocycles. The van der Waals surface area contributed by atoms with Gasteiger partial charge in [0, 0.05) is 10.8 Å². The van der Waals surface area contributed by atoms with E-state index in [0.717, 1.165) is 5.56 Å². The highest BCUT2D eigenvalue weighted by molar-refractivity contribution is 7.98. The second kappa shape index (κ2) is 6.95. The Labute approximate surface area is 128 Å². The number of thioether (sulfide) groups is 1. The molecule has 0 amide bonds. The van der Waals surface area contributed by atoms with Gasteiger partial charge >= 0.3 is 0 Å². The summed E-state index contributed by atoms with van der Waals surface area (Å²) in [6, 6.07) is 9.99. The van der Waals surface area contributed by atoms with Crippen LogP contribution in [0.25, 0.3) is 0 Å². The average molecular weight is 300 g/mol. The summed E-state index contributed by atoms with van der Waals surface area (Å²) >= 11 is 1.69. The van der Waals surface area contributed by atoms with Crippen molar-refractivity contribution in [3.63, 3.8) is 0 Å². The number of nitriles is 1. The third-order valence-electron chi connectivity index (χ3n) is 2.74. The van der Waals surface area contributed by atoms with Gasteiger partial charge in [-0.15, -0.1) is 11.8 Å². The van der Waals surface area contributed by atoms with Crippen LogP contribution in [0.15, 0.2) is 38.7 Å². The molecule has 0 saturated carbocycles. The van der Waals surface area contributed by atoms with Crippen LogP contribution in [0.5, 0.6) is 0 Å². The molecule has 108 valence electrons. The van der Waals surface area contributed by atoms with E-state index in [4.69, 9.17) is 9.68 Å². The Kier molecular flexibility index (Phi) is 5.01. The quantitative estimate of drug-likeness (QED) is 0.516. The molecule has 6 heteroatoms. The summed E-state index contributed by atoms with van der Waals surface area (Å²) in [6.45, 7) is 3.90. The van der Waals surface area contributed by atoms with Crippen LogP contribution >= 0.6 is 11.8 Å². The highest BCUT2D eigenvalue weighted by Crippen LogP contribution is 2.22. The summed E-state index contributed by atoms with van der Waals surface area (Å²) in [5, 5.41) is 13.1. The first-order valence-electron chi connectivity index (χ1n) is 6.48. The van der Waals surface area contributed by atoms with Gasteiger partial charge in [-0.25, -0.2) is 10.4 Å². The van der Waals surface area contributed by atoms with Crippen LogP contribution < -0.4 is 5.43 Å². The van der Waals surface area contributed by atoms with E-state index in [1.807, 2.05) is 50.4 Å². The molecule has 0 bridgehead atoms. The summed E-state index contributed by atoms with van der Waals surface area (Å²) in [4.78, 5) is 5.31. The summed E-state index contributed by atoms with van der Waals surface area (Å²) in [5.41, 5.74) is 3.91. The summed E-state index contributed by atoms with van der Waals surface area (Å²) < 4.78 is 5.48. The fourth-order valence-electron chi connectivity index (χ4n) is 1.59. The zero-order chi connectivity index (χ0) is 15.2. The molecule has 1 N–H and O–H groups in total. The van der Waals surface area contributed by atoms with Gasteiger partial charge in [-0.2, -0.15) is 10.4 Å². The Hall–Kier alpha value is -2.26. The molecule has 0 fully saturated rings. The summed E-state index contributed by atoms with van der Waals surface area (Å²) in [6.07, 6.45) is 3.70. The molecule has 0 aliphatic rings. The molecule has 5 nitrogen and oxygen atoms in total. The number of hydrogen-bond donors (Lipinski definition) is 1. The molecule has 21 heavy (non-hydrogen) atoms. The summed E-state index contributed by atoms with van der Waals surface area (Å²) in [5.74, 6) is 0.919. The number of hydrogen-bond acceptors (Lipinski definition) is 6. The maximum absolute atomic E-state index is 9.02. The van der Waals surface area contributed by atoms with Crippen molar-refractivity contribution in [3.8, 4) is 6.07 Å². The highest BCUT2D eigenvalue weighted by atomic mass is 32.2. The molecule has 0 radical (unpaired) electrons. The first kappa shape index (κ1) is 15.1. The van der Waals surface area contributed by atoms with Gasteiger partial charge in [0.15, 0.2) is 0 Å². The second-order valence-corrected chi connectivity index (χ2v) is 5.52. The van der Waals surface area contributed by atoms with Gasteiger partial charge in [-0.05, 0) is 24.0 Å². The zero-order valence-corrected chi connectivity index (χ0v) is 12.9. The number of oxazole rings is 1. The van der Waals surface area contributed by atoms with E-state index in [1.165, 1.54) is 4.90 Å². The van der Waals surface area contributed by atoms with Crippen LogP contribution in [-0.2, 0) is 0 Å². The number of benzene rings is 1. The number of hydrazone groups is 1. The molecule has 1 aromatic heterocycles. The van der Waals surface area contributed by atoms with Crippen LogP contribution in [0.4, 0.5) is 5.88 Å². The van der Waals surface area contributed by atoms with Crippen molar-refractivity contribution >= 4 is 23.9 Å². The second-order valence-electron chi connectivity index (χ2n) is 4.64. The van der Waals surface area contributed by atoms with Crippen molar-refractivity contribution in [2.75, 3.05) is 11.7 Å². The van der Waals surface area contributed by atoms with Crippen LogP contribution in [0.2, 0.25) is 0 Å². The third-order valence-corrected chi connectivity index (χ3v) is 3.48. The predicted octanol–water partition coefficient (Wildman–Crippen LogP) is 3.84. The lowest BCUT2D eigenvalue weighted by Gasteiger charge is -1.98. The molecule has 0 unspecified atom stereocenters. The van der Waals surface area contributed by atoms with Crippen molar-refractivity contribution in [2.45, 2.75) is 24.7 Å². The van der Waals surface area contributed by atoms with Gasteiger partial charge in [0.25, 0.3) is 5.88 Å². The van der Waals surface area contributed by atoms with Crippen LogP contribution in [-0.4, -0.2) is 17.5 Å². The van der Waals surface area contributed by atoms with Gasteiger partial charge in [0.1, 0.15) is 6.07 Å². The lowest BCUT2D eigenvalue weighted by molar-refractivity contribution is 0.481. The highest BCUT2D eigenvalue weighted by Gasteiger charge is 2.14. The molecular weight excluding hydrogens is 284 g/mol. The van der Waals surface area contributed by atoms with Crippen LogP contribution in [0.1, 0.15) is 36.9 Å². The fourth-order valence-corrected chi connectivity index (χ4v) is 2.00. The molecule has 0 saturated heterocycles. The first-order chi connectivity index (χ1) is 10.1. The molecule has 1 heterocycles. The first-order valence-corrected chi connectivity index (χ1v) is 7.70. The average Bonchev–Trinajstić information content (AvgIpc) is 2.91. The normalized spacial score (nSPS) is 11.0. The Balaban J connectivity index is 2.08.